The topological polar surface area (TPSA) is 17.1 Å². The maximum Gasteiger partial charge on any atom is 0.136 e. The van der Waals surface area contributed by atoms with Crippen LogP contribution in [0.25, 0.3) is 0 Å². The number of rotatable bonds is 1. The molecule has 0 amide bonds. The fourth-order valence-electron chi connectivity index (χ4n) is 2.06. The van der Waals surface area contributed by atoms with Crippen molar-refractivity contribution < 1.29 is 4.79 Å². The Kier molecular flexibility index (Phi) is 2.17. The maximum absolute atomic E-state index is 11.4. The van der Waals surface area contributed by atoms with Crippen molar-refractivity contribution in [1.29, 1.82) is 0 Å². The lowest BCUT2D eigenvalue weighted by atomic mass is 9.97. The van der Waals surface area contributed by atoms with E-state index < -0.39 is 0 Å². The molecule has 0 aliphatic heterocycles. The highest BCUT2D eigenvalue weighted by Gasteiger charge is 2.29. The monoisotopic (exact) mass is 174 g/mol. The fraction of sp³-hybridized carbons (Fsp3) is 0.417. The standard InChI is InChI=1S/C12H14O/c1-9-7-11(8-12(9)13)10-5-3-2-4-6-10/h2-6,9,11H,7-8H2,1H3/t9-,11-/m0/s1. The normalized spacial score (nSPS) is 27.9. The van der Waals surface area contributed by atoms with E-state index in [4.69, 9.17) is 0 Å². The number of benzene rings is 1. The summed E-state index contributed by atoms with van der Waals surface area (Å²) >= 11 is 0. The summed E-state index contributed by atoms with van der Waals surface area (Å²) in [6.07, 6.45) is 1.77. The predicted octanol–water partition coefficient (Wildman–Crippen LogP) is 2.77. The minimum atomic E-state index is 0.269. The lowest BCUT2D eigenvalue weighted by molar-refractivity contribution is -0.120. The van der Waals surface area contributed by atoms with Crippen LogP contribution in [-0.2, 0) is 4.79 Å². The molecular formula is C12H14O. The van der Waals surface area contributed by atoms with Gasteiger partial charge in [0.1, 0.15) is 5.78 Å². The minimum absolute atomic E-state index is 0.269. The van der Waals surface area contributed by atoms with Gasteiger partial charge in [-0.15, -0.1) is 0 Å². The first-order valence-corrected chi connectivity index (χ1v) is 4.85. The summed E-state index contributed by atoms with van der Waals surface area (Å²) in [6.45, 7) is 2.03. The van der Waals surface area contributed by atoms with E-state index in [1.165, 1.54) is 5.56 Å². The molecule has 1 aliphatic carbocycles. The second-order valence-electron chi connectivity index (χ2n) is 3.91. The molecule has 68 valence electrons. The van der Waals surface area contributed by atoms with E-state index in [9.17, 15) is 4.79 Å². The Hall–Kier alpha value is -1.11. The van der Waals surface area contributed by atoms with Gasteiger partial charge < -0.3 is 0 Å². The van der Waals surface area contributed by atoms with Crippen LogP contribution in [0.2, 0.25) is 0 Å². The summed E-state index contributed by atoms with van der Waals surface area (Å²) < 4.78 is 0. The van der Waals surface area contributed by atoms with E-state index in [0.717, 1.165) is 12.8 Å². The van der Waals surface area contributed by atoms with Crippen molar-refractivity contribution in [2.75, 3.05) is 0 Å². The first kappa shape index (κ1) is 8.49. The van der Waals surface area contributed by atoms with Crippen LogP contribution in [0.5, 0.6) is 0 Å². The quantitative estimate of drug-likeness (QED) is 0.639. The molecule has 1 aliphatic rings. The van der Waals surface area contributed by atoms with Gasteiger partial charge in [-0.3, -0.25) is 4.79 Å². The molecule has 2 atom stereocenters. The zero-order valence-corrected chi connectivity index (χ0v) is 7.86. The molecule has 1 saturated carbocycles. The number of carbonyl (C=O) groups is 1. The zero-order chi connectivity index (χ0) is 9.26. The van der Waals surface area contributed by atoms with Crippen molar-refractivity contribution in [3.8, 4) is 0 Å². The van der Waals surface area contributed by atoms with Crippen LogP contribution in [0.1, 0.15) is 31.2 Å². The summed E-state index contributed by atoms with van der Waals surface area (Å²) in [6, 6.07) is 10.3. The second kappa shape index (κ2) is 3.33. The van der Waals surface area contributed by atoms with Gasteiger partial charge in [-0.25, -0.2) is 0 Å². The number of ketones is 1. The highest BCUT2D eigenvalue weighted by molar-refractivity contribution is 5.83. The van der Waals surface area contributed by atoms with Gasteiger partial charge in [-0.05, 0) is 17.9 Å². The number of Topliss-reactive ketones (excluding diaryl/α,β-unsaturated/α-hetero) is 1. The molecule has 0 unspecified atom stereocenters. The fourth-order valence-corrected chi connectivity index (χ4v) is 2.06. The molecule has 0 spiro atoms. The Morgan fingerprint density at radius 2 is 1.92 bits per heavy atom. The van der Waals surface area contributed by atoms with Crippen LogP contribution in [-0.4, -0.2) is 5.78 Å². The van der Waals surface area contributed by atoms with Crippen molar-refractivity contribution >= 4 is 5.78 Å². The molecule has 1 aromatic carbocycles. The van der Waals surface area contributed by atoms with E-state index in [0.29, 0.717) is 11.7 Å². The smallest absolute Gasteiger partial charge is 0.136 e. The molecule has 1 heteroatoms. The van der Waals surface area contributed by atoms with Gasteiger partial charge >= 0.3 is 0 Å². The van der Waals surface area contributed by atoms with E-state index in [-0.39, 0.29) is 5.92 Å². The number of carbonyl (C=O) groups excluding carboxylic acids is 1. The molecule has 2 rings (SSSR count). The molecule has 0 aromatic heterocycles. The zero-order valence-electron chi connectivity index (χ0n) is 7.86. The molecule has 1 aromatic rings. The Morgan fingerprint density at radius 3 is 2.46 bits per heavy atom. The minimum Gasteiger partial charge on any atom is -0.299 e. The Balaban J connectivity index is 2.17. The first-order chi connectivity index (χ1) is 6.27. The van der Waals surface area contributed by atoms with Gasteiger partial charge in [0, 0.05) is 12.3 Å². The van der Waals surface area contributed by atoms with Gasteiger partial charge in [0.15, 0.2) is 0 Å². The third-order valence-corrected chi connectivity index (χ3v) is 2.91. The van der Waals surface area contributed by atoms with Gasteiger partial charge in [0.05, 0.1) is 0 Å². The van der Waals surface area contributed by atoms with Crippen LogP contribution in [0.15, 0.2) is 30.3 Å². The molecule has 0 saturated heterocycles. The number of hydrogen-bond donors (Lipinski definition) is 0. The van der Waals surface area contributed by atoms with E-state index in [1.54, 1.807) is 0 Å². The highest BCUT2D eigenvalue weighted by Crippen LogP contribution is 2.35. The SMILES string of the molecule is C[C@H]1C[C@H](c2ccccc2)CC1=O. The maximum atomic E-state index is 11.4. The Bertz CT molecular complexity index is 302. The van der Waals surface area contributed by atoms with Crippen LogP contribution in [0, 0.1) is 5.92 Å². The van der Waals surface area contributed by atoms with E-state index >= 15 is 0 Å². The van der Waals surface area contributed by atoms with Crippen LogP contribution in [0.3, 0.4) is 0 Å². The summed E-state index contributed by atoms with van der Waals surface area (Å²) in [5.41, 5.74) is 1.32. The van der Waals surface area contributed by atoms with E-state index in [1.807, 2.05) is 25.1 Å². The molecule has 0 heterocycles. The second-order valence-corrected chi connectivity index (χ2v) is 3.91. The largest absolute Gasteiger partial charge is 0.299 e. The van der Waals surface area contributed by atoms with Crippen LogP contribution < -0.4 is 0 Å². The molecular weight excluding hydrogens is 160 g/mol. The van der Waals surface area contributed by atoms with E-state index in [2.05, 4.69) is 12.1 Å². The molecule has 1 fully saturated rings. The average molecular weight is 174 g/mol. The molecule has 0 bridgehead atoms. The molecule has 13 heavy (non-hydrogen) atoms. The van der Waals surface area contributed by atoms with Crippen LogP contribution >= 0.6 is 0 Å². The van der Waals surface area contributed by atoms with Gasteiger partial charge in [0.25, 0.3) is 0 Å². The Morgan fingerprint density at radius 1 is 1.23 bits per heavy atom. The van der Waals surface area contributed by atoms with Crippen molar-refractivity contribution in [2.24, 2.45) is 5.92 Å². The number of hydrogen-bond acceptors (Lipinski definition) is 1. The molecule has 1 nitrogen and oxygen atoms in total. The summed E-state index contributed by atoms with van der Waals surface area (Å²) in [4.78, 5) is 11.4. The van der Waals surface area contributed by atoms with Crippen molar-refractivity contribution in [1.82, 2.24) is 0 Å². The van der Waals surface area contributed by atoms with Crippen molar-refractivity contribution in [3.05, 3.63) is 35.9 Å². The molecule has 0 N–H and O–H groups in total. The van der Waals surface area contributed by atoms with Gasteiger partial charge in [-0.2, -0.15) is 0 Å². The lowest BCUT2D eigenvalue weighted by Gasteiger charge is -2.07. The highest BCUT2D eigenvalue weighted by atomic mass is 16.1. The van der Waals surface area contributed by atoms with Crippen molar-refractivity contribution in [3.63, 3.8) is 0 Å². The van der Waals surface area contributed by atoms with Gasteiger partial charge in [0.2, 0.25) is 0 Å². The lowest BCUT2D eigenvalue weighted by Crippen LogP contribution is -1.98. The third-order valence-electron chi connectivity index (χ3n) is 2.91. The summed E-state index contributed by atoms with van der Waals surface area (Å²) in [7, 11) is 0. The van der Waals surface area contributed by atoms with Gasteiger partial charge in [-0.1, -0.05) is 37.3 Å². The average Bonchev–Trinajstić information content (AvgIpc) is 2.49. The predicted molar refractivity (Wildman–Crippen MR) is 52.6 cm³/mol. The summed E-state index contributed by atoms with van der Waals surface area (Å²) in [5.74, 6) is 1.17. The first-order valence-electron chi connectivity index (χ1n) is 4.85. The molecule has 0 radical (unpaired) electrons. The summed E-state index contributed by atoms with van der Waals surface area (Å²) in [5, 5.41) is 0. The third kappa shape index (κ3) is 1.64. The van der Waals surface area contributed by atoms with Crippen LogP contribution in [0.4, 0.5) is 0 Å². The Labute approximate surface area is 78.8 Å². The van der Waals surface area contributed by atoms with Crippen molar-refractivity contribution in [2.45, 2.75) is 25.7 Å².